The van der Waals surface area contributed by atoms with E-state index in [-0.39, 0.29) is 5.88 Å². The highest BCUT2D eigenvalue weighted by atomic mass is 32.2. The van der Waals surface area contributed by atoms with Crippen LogP contribution in [0.15, 0.2) is 76.8 Å². The number of aromatic hydroxyl groups is 1. The number of rotatable bonds is 4. The van der Waals surface area contributed by atoms with Gasteiger partial charge in [-0.3, -0.25) is 0 Å². The molecule has 5 rings (SSSR count). The van der Waals surface area contributed by atoms with Crippen LogP contribution >= 0.6 is 11.8 Å². The Morgan fingerprint density at radius 3 is 2.34 bits per heavy atom. The molecule has 1 aliphatic rings. The van der Waals surface area contributed by atoms with Gasteiger partial charge >= 0.3 is 0 Å². The van der Waals surface area contributed by atoms with Crippen LogP contribution in [0.1, 0.15) is 43.6 Å². The molecule has 0 spiro atoms. The lowest BCUT2D eigenvalue weighted by molar-refractivity contribution is 0.392. The highest BCUT2D eigenvalue weighted by Crippen LogP contribution is 2.38. The van der Waals surface area contributed by atoms with Crippen LogP contribution < -0.4 is 0 Å². The topological polar surface area (TPSA) is 50.4 Å². The fraction of sp³-hybridized carbons (Fsp3) is 0.250. The first kappa shape index (κ1) is 18.3. The van der Waals surface area contributed by atoms with Crippen molar-refractivity contribution in [1.82, 2.24) is 14.6 Å². The zero-order valence-electron chi connectivity index (χ0n) is 16.2. The van der Waals surface area contributed by atoms with E-state index in [9.17, 15) is 5.11 Å². The Morgan fingerprint density at radius 2 is 1.59 bits per heavy atom. The smallest absolute Gasteiger partial charge is 0.219 e. The molecule has 1 fully saturated rings. The molecule has 29 heavy (non-hydrogen) atoms. The molecule has 146 valence electrons. The molecule has 2 aromatic carbocycles. The van der Waals surface area contributed by atoms with E-state index in [0.717, 1.165) is 29.5 Å². The Bertz CT molecular complexity index is 1120. The van der Waals surface area contributed by atoms with Crippen molar-refractivity contribution in [3.63, 3.8) is 0 Å². The number of hydrogen-bond donors (Lipinski definition) is 1. The molecule has 0 aliphatic heterocycles. The molecule has 1 N–H and O–H groups in total. The molecular weight excluding hydrogens is 378 g/mol. The van der Waals surface area contributed by atoms with Crippen LogP contribution in [0.25, 0.3) is 16.8 Å². The Balaban J connectivity index is 1.43. The second kappa shape index (κ2) is 7.91. The summed E-state index contributed by atoms with van der Waals surface area (Å²) in [5.41, 5.74) is 3.62. The first-order valence-electron chi connectivity index (χ1n) is 10.2. The minimum Gasteiger partial charge on any atom is -0.493 e. The summed E-state index contributed by atoms with van der Waals surface area (Å²) in [5.74, 6) is 0.631. The van der Waals surface area contributed by atoms with E-state index < -0.39 is 0 Å². The van der Waals surface area contributed by atoms with Gasteiger partial charge < -0.3 is 5.11 Å². The van der Waals surface area contributed by atoms with Crippen molar-refractivity contribution < 1.29 is 5.11 Å². The maximum absolute atomic E-state index is 10.8. The third-order valence-electron chi connectivity index (χ3n) is 5.72. The Kier molecular flexibility index (Phi) is 4.98. The number of hydrogen-bond acceptors (Lipinski definition) is 4. The number of fused-ring (bicyclic) bond motifs is 1. The van der Waals surface area contributed by atoms with Crippen LogP contribution in [-0.4, -0.2) is 19.7 Å². The quantitative estimate of drug-likeness (QED) is 0.436. The van der Waals surface area contributed by atoms with Crippen molar-refractivity contribution in [3.05, 3.63) is 72.6 Å². The zero-order valence-corrected chi connectivity index (χ0v) is 17.0. The highest BCUT2D eigenvalue weighted by Gasteiger charge is 2.22. The fourth-order valence-electron chi connectivity index (χ4n) is 4.16. The van der Waals surface area contributed by atoms with E-state index in [1.165, 1.54) is 29.1 Å². The fourth-order valence-corrected chi connectivity index (χ4v) is 5.00. The van der Waals surface area contributed by atoms with Gasteiger partial charge in [-0.2, -0.15) is 9.61 Å². The molecule has 2 aromatic heterocycles. The predicted molar refractivity (Wildman–Crippen MR) is 116 cm³/mol. The molecule has 0 radical (unpaired) electrons. The average molecular weight is 402 g/mol. The van der Waals surface area contributed by atoms with Crippen molar-refractivity contribution in [2.24, 2.45) is 0 Å². The van der Waals surface area contributed by atoms with E-state index in [1.807, 2.05) is 12.3 Å². The molecule has 0 saturated heterocycles. The van der Waals surface area contributed by atoms with E-state index in [1.54, 1.807) is 22.5 Å². The van der Waals surface area contributed by atoms with Gasteiger partial charge in [0.05, 0.1) is 6.20 Å². The number of benzene rings is 2. The van der Waals surface area contributed by atoms with Crippen molar-refractivity contribution in [3.8, 4) is 17.0 Å². The molecule has 1 saturated carbocycles. The second-order valence-electron chi connectivity index (χ2n) is 7.61. The van der Waals surface area contributed by atoms with Crippen LogP contribution in [0.5, 0.6) is 5.88 Å². The lowest BCUT2D eigenvalue weighted by Crippen LogP contribution is -2.07. The minimum atomic E-state index is 0.240. The SMILES string of the molecule is Oc1c(C2CCCCC2)cnc2c(-c3ccc(Sc4ccccc4)cc3)cnn12. The van der Waals surface area contributed by atoms with E-state index in [2.05, 4.69) is 58.6 Å². The van der Waals surface area contributed by atoms with Gasteiger partial charge in [-0.1, -0.05) is 61.4 Å². The lowest BCUT2D eigenvalue weighted by atomic mass is 9.85. The maximum Gasteiger partial charge on any atom is 0.219 e. The summed E-state index contributed by atoms with van der Waals surface area (Å²) in [6.07, 6.45) is 9.62. The first-order valence-corrected chi connectivity index (χ1v) is 11.0. The molecule has 2 heterocycles. The van der Waals surface area contributed by atoms with Gasteiger partial charge in [0.25, 0.3) is 0 Å². The van der Waals surface area contributed by atoms with Crippen LogP contribution in [0.4, 0.5) is 0 Å². The van der Waals surface area contributed by atoms with Crippen molar-refractivity contribution in [2.75, 3.05) is 0 Å². The Morgan fingerprint density at radius 1 is 0.862 bits per heavy atom. The second-order valence-corrected chi connectivity index (χ2v) is 8.75. The van der Waals surface area contributed by atoms with Gasteiger partial charge in [0.15, 0.2) is 5.65 Å². The van der Waals surface area contributed by atoms with Gasteiger partial charge in [-0.05, 0) is 48.6 Å². The summed E-state index contributed by atoms with van der Waals surface area (Å²) in [6.45, 7) is 0. The van der Waals surface area contributed by atoms with Gasteiger partial charge in [0.2, 0.25) is 5.88 Å². The van der Waals surface area contributed by atoms with Crippen molar-refractivity contribution in [1.29, 1.82) is 0 Å². The normalized spacial score (nSPS) is 15.0. The van der Waals surface area contributed by atoms with Gasteiger partial charge in [-0.15, -0.1) is 0 Å². The summed E-state index contributed by atoms with van der Waals surface area (Å²) in [5, 5.41) is 15.3. The molecule has 0 amide bonds. The summed E-state index contributed by atoms with van der Waals surface area (Å²) >= 11 is 1.74. The average Bonchev–Trinajstić information content (AvgIpc) is 3.21. The molecule has 1 aliphatic carbocycles. The lowest BCUT2D eigenvalue weighted by Gasteiger charge is -2.22. The third kappa shape index (κ3) is 3.62. The Labute approximate surface area is 174 Å². The Hall–Kier alpha value is -2.79. The molecule has 4 aromatic rings. The van der Waals surface area contributed by atoms with Gasteiger partial charge in [0.1, 0.15) is 0 Å². The van der Waals surface area contributed by atoms with Crippen molar-refractivity contribution in [2.45, 2.75) is 47.8 Å². The van der Waals surface area contributed by atoms with E-state index >= 15 is 0 Å². The van der Waals surface area contributed by atoms with Gasteiger partial charge in [0, 0.05) is 27.1 Å². The zero-order chi connectivity index (χ0) is 19.6. The molecule has 0 atom stereocenters. The van der Waals surface area contributed by atoms with Crippen LogP contribution in [0.2, 0.25) is 0 Å². The number of nitrogens with zero attached hydrogens (tertiary/aromatic N) is 3. The largest absolute Gasteiger partial charge is 0.493 e. The van der Waals surface area contributed by atoms with Crippen LogP contribution in [-0.2, 0) is 0 Å². The van der Waals surface area contributed by atoms with Crippen LogP contribution in [0, 0.1) is 0 Å². The van der Waals surface area contributed by atoms with E-state index in [0.29, 0.717) is 11.6 Å². The molecule has 4 nitrogen and oxygen atoms in total. The molecule has 0 bridgehead atoms. The third-order valence-corrected chi connectivity index (χ3v) is 6.73. The summed E-state index contributed by atoms with van der Waals surface area (Å²) < 4.78 is 1.59. The monoisotopic (exact) mass is 401 g/mol. The van der Waals surface area contributed by atoms with Gasteiger partial charge in [-0.25, -0.2) is 4.98 Å². The molecular formula is C24H23N3OS. The molecule has 0 unspecified atom stereocenters. The summed E-state index contributed by atoms with van der Waals surface area (Å²) in [4.78, 5) is 7.09. The minimum absolute atomic E-state index is 0.240. The summed E-state index contributed by atoms with van der Waals surface area (Å²) in [6, 6.07) is 18.8. The van der Waals surface area contributed by atoms with Crippen LogP contribution in [0.3, 0.4) is 0 Å². The standard InChI is InChI=1S/C24H23N3OS/c28-24-22(17-7-3-1-4-8-17)15-25-23-21(16-26-27(23)24)18-11-13-20(14-12-18)29-19-9-5-2-6-10-19/h2,5-6,9-17,28H,1,3-4,7-8H2. The number of aromatic nitrogens is 3. The molecule has 5 heteroatoms. The first-order chi connectivity index (χ1) is 14.3. The summed E-state index contributed by atoms with van der Waals surface area (Å²) in [7, 11) is 0. The predicted octanol–water partition coefficient (Wildman–Crippen LogP) is 6.30. The highest BCUT2D eigenvalue weighted by molar-refractivity contribution is 7.99. The van der Waals surface area contributed by atoms with E-state index in [4.69, 9.17) is 0 Å². The van der Waals surface area contributed by atoms with Crippen molar-refractivity contribution >= 4 is 17.4 Å². The maximum atomic E-state index is 10.8.